The predicted molar refractivity (Wildman–Crippen MR) is 78.8 cm³/mol. The number of hydrogen-bond donors (Lipinski definition) is 1. The Hall–Kier alpha value is -2.79. The molecule has 0 radical (unpaired) electrons. The van der Waals surface area contributed by atoms with E-state index in [1.807, 2.05) is 0 Å². The number of fused-ring (bicyclic) bond motifs is 1. The van der Waals surface area contributed by atoms with Gasteiger partial charge in [-0.05, 0) is 12.1 Å². The Labute approximate surface area is 126 Å². The fourth-order valence-electron chi connectivity index (χ4n) is 2.53. The topological polar surface area (TPSA) is 72.5 Å². The molecule has 2 aromatic carbocycles. The van der Waals surface area contributed by atoms with E-state index >= 15 is 0 Å². The quantitative estimate of drug-likeness (QED) is 0.692. The highest BCUT2D eigenvalue weighted by molar-refractivity contribution is 6.33. The average Bonchev–Trinajstić information content (AvgIpc) is 2.78. The van der Waals surface area contributed by atoms with Crippen molar-refractivity contribution in [2.75, 3.05) is 7.11 Å². The summed E-state index contributed by atoms with van der Waals surface area (Å²) in [5.41, 5.74) is -1.14. The molecule has 1 aliphatic rings. The standard InChI is InChI=1S/C17H13NO4/c1-22-17(18-16(21)11-7-3-2-4-8-11)14(19)12-9-5-6-10-13(12)15(17)20/h2-10H,1H3,(H,18,21). The summed E-state index contributed by atoms with van der Waals surface area (Å²) in [6.45, 7) is 0. The van der Waals surface area contributed by atoms with Crippen LogP contribution in [0.5, 0.6) is 0 Å². The summed E-state index contributed by atoms with van der Waals surface area (Å²) in [7, 11) is 1.23. The Morgan fingerprint density at radius 1 is 0.909 bits per heavy atom. The number of amides is 1. The normalized spacial score (nSPS) is 15.5. The molecule has 0 bridgehead atoms. The van der Waals surface area contributed by atoms with Crippen LogP contribution in [0.1, 0.15) is 31.1 Å². The smallest absolute Gasteiger partial charge is 0.270 e. The van der Waals surface area contributed by atoms with Crippen LogP contribution in [-0.2, 0) is 4.74 Å². The maximum absolute atomic E-state index is 12.6. The lowest BCUT2D eigenvalue weighted by Crippen LogP contribution is -2.58. The van der Waals surface area contributed by atoms with Gasteiger partial charge in [-0.3, -0.25) is 14.4 Å². The molecule has 0 aromatic heterocycles. The van der Waals surface area contributed by atoms with Crippen molar-refractivity contribution in [1.82, 2.24) is 5.32 Å². The van der Waals surface area contributed by atoms with Gasteiger partial charge >= 0.3 is 0 Å². The van der Waals surface area contributed by atoms with Gasteiger partial charge in [-0.25, -0.2) is 0 Å². The second-order valence-corrected chi connectivity index (χ2v) is 4.91. The van der Waals surface area contributed by atoms with Gasteiger partial charge < -0.3 is 10.1 Å². The van der Waals surface area contributed by atoms with E-state index in [2.05, 4.69) is 5.32 Å². The van der Waals surface area contributed by atoms with Crippen molar-refractivity contribution in [2.45, 2.75) is 5.72 Å². The molecule has 0 heterocycles. The molecule has 0 saturated carbocycles. The maximum Gasteiger partial charge on any atom is 0.270 e. The van der Waals surface area contributed by atoms with Gasteiger partial charge in [0.25, 0.3) is 11.6 Å². The molecule has 0 unspecified atom stereocenters. The largest absolute Gasteiger partial charge is 0.346 e. The Morgan fingerprint density at radius 2 is 1.41 bits per heavy atom. The summed E-state index contributed by atoms with van der Waals surface area (Å²) in [6.07, 6.45) is 0. The van der Waals surface area contributed by atoms with Crippen LogP contribution in [-0.4, -0.2) is 30.3 Å². The Balaban J connectivity index is 1.99. The second-order valence-electron chi connectivity index (χ2n) is 4.91. The summed E-state index contributed by atoms with van der Waals surface area (Å²) >= 11 is 0. The number of hydrogen-bond acceptors (Lipinski definition) is 4. The van der Waals surface area contributed by atoms with Crippen LogP contribution in [0.2, 0.25) is 0 Å². The van der Waals surface area contributed by atoms with E-state index in [4.69, 9.17) is 4.74 Å². The number of ether oxygens (including phenoxy) is 1. The first kappa shape index (κ1) is 14.2. The van der Waals surface area contributed by atoms with E-state index in [1.165, 1.54) is 7.11 Å². The second kappa shape index (κ2) is 5.20. The Morgan fingerprint density at radius 3 is 1.91 bits per heavy atom. The summed E-state index contributed by atoms with van der Waals surface area (Å²) in [4.78, 5) is 37.4. The molecule has 1 aliphatic carbocycles. The zero-order chi connectivity index (χ0) is 15.7. The molecule has 0 atom stereocenters. The van der Waals surface area contributed by atoms with E-state index < -0.39 is 23.2 Å². The molecule has 3 rings (SSSR count). The number of carbonyl (C=O) groups excluding carboxylic acids is 3. The molecule has 0 spiro atoms. The number of benzene rings is 2. The van der Waals surface area contributed by atoms with Gasteiger partial charge in [0.15, 0.2) is 0 Å². The van der Waals surface area contributed by atoms with Crippen molar-refractivity contribution in [3.63, 3.8) is 0 Å². The van der Waals surface area contributed by atoms with E-state index in [-0.39, 0.29) is 11.1 Å². The van der Waals surface area contributed by atoms with E-state index in [0.717, 1.165) is 0 Å². The number of Topliss-reactive ketones (excluding diaryl/α,β-unsaturated/α-hetero) is 2. The first-order valence-electron chi connectivity index (χ1n) is 6.71. The fraction of sp³-hybridized carbons (Fsp3) is 0.118. The molecule has 5 heteroatoms. The molecular weight excluding hydrogens is 282 g/mol. The zero-order valence-corrected chi connectivity index (χ0v) is 11.8. The van der Waals surface area contributed by atoms with Crippen molar-refractivity contribution in [3.8, 4) is 0 Å². The number of carbonyl (C=O) groups is 3. The summed E-state index contributed by atoms with van der Waals surface area (Å²) in [6, 6.07) is 14.8. The zero-order valence-electron chi connectivity index (χ0n) is 11.8. The van der Waals surface area contributed by atoms with Gasteiger partial charge in [0.05, 0.1) is 0 Å². The molecule has 0 aliphatic heterocycles. The molecule has 1 N–H and O–H groups in total. The highest BCUT2D eigenvalue weighted by Gasteiger charge is 2.55. The number of methoxy groups -OCH3 is 1. The Bertz CT molecular complexity index is 732. The lowest BCUT2D eigenvalue weighted by Gasteiger charge is -2.25. The lowest BCUT2D eigenvalue weighted by molar-refractivity contribution is -0.00230. The third-order valence-corrected chi connectivity index (χ3v) is 3.69. The van der Waals surface area contributed by atoms with Gasteiger partial charge in [0.2, 0.25) is 11.6 Å². The van der Waals surface area contributed by atoms with Gasteiger partial charge in [0.1, 0.15) is 0 Å². The lowest BCUT2D eigenvalue weighted by atomic mass is 10.1. The summed E-state index contributed by atoms with van der Waals surface area (Å²) in [5, 5.41) is 2.44. The van der Waals surface area contributed by atoms with Gasteiger partial charge in [0, 0.05) is 23.8 Å². The molecule has 1 amide bonds. The van der Waals surface area contributed by atoms with Crippen LogP contribution < -0.4 is 5.32 Å². The van der Waals surface area contributed by atoms with Crippen LogP contribution in [0.25, 0.3) is 0 Å². The molecule has 2 aromatic rings. The van der Waals surface area contributed by atoms with Crippen molar-refractivity contribution in [1.29, 1.82) is 0 Å². The van der Waals surface area contributed by atoms with E-state index in [9.17, 15) is 14.4 Å². The monoisotopic (exact) mass is 295 g/mol. The van der Waals surface area contributed by atoms with Crippen LogP contribution in [0.3, 0.4) is 0 Å². The van der Waals surface area contributed by atoms with Crippen molar-refractivity contribution >= 4 is 17.5 Å². The first-order chi connectivity index (χ1) is 10.6. The van der Waals surface area contributed by atoms with Crippen LogP contribution >= 0.6 is 0 Å². The minimum atomic E-state index is -1.99. The minimum Gasteiger partial charge on any atom is -0.346 e. The van der Waals surface area contributed by atoms with Crippen LogP contribution in [0.4, 0.5) is 0 Å². The third-order valence-electron chi connectivity index (χ3n) is 3.69. The number of rotatable bonds is 3. The van der Waals surface area contributed by atoms with Gasteiger partial charge in [-0.2, -0.15) is 0 Å². The summed E-state index contributed by atoms with van der Waals surface area (Å²) in [5.74, 6) is -1.66. The summed E-state index contributed by atoms with van der Waals surface area (Å²) < 4.78 is 5.17. The molecule has 0 fully saturated rings. The van der Waals surface area contributed by atoms with Crippen molar-refractivity contribution in [3.05, 3.63) is 71.3 Å². The molecule has 22 heavy (non-hydrogen) atoms. The number of ketones is 2. The number of nitrogens with one attached hydrogen (secondary N) is 1. The minimum absolute atomic E-state index is 0.253. The SMILES string of the molecule is COC1(NC(=O)c2ccccc2)C(=O)c2ccccc2C1=O. The van der Waals surface area contributed by atoms with Crippen molar-refractivity contribution < 1.29 is 19.1 Å². The third kappa shape index (κ3) is 1.95. The van der Waals surface area contributed by atoms with E-state index in [1.54, 1.807) is 54.6 Å². The van der Waals surface area contributed by atoms with Crippen LogP contribution in [0.15, 0.2) is 54.6 Å². The highest BCUT2D eigenvalue weighted by atomic mass is 16.5. The highest BCUT2D eigenvalue weighted by Crippen LogP contribution is 2.30. The fourth-order valence-corrected chi connectivity index (χ4v) is 2.53. The molecule has 110 valence electrons. The maximum atomic E-state index is 12.6. The molecular formula is C17H13NO4. The molecule has 5 nitrogen and oxygen atoms in total. The van der Waals surface area contributed by atoms with Gasteiger partial charge in [-0.15, -0.1) is 0 Å². The predicted octanol–water partition coefficient (Wildman–Crippen LogP) is 1.84. The Kier molecular flexibility index (Phi) is 3.35. The van der Waals surface area contributed by atoms with Crippen molar-refractivity contribution in [2.24, 2.45) is 0 Å². The average molecular weight is 295 g/mol. The molecule has 0 saturated heterocycles. The van der Waals surface area contributed by atoms with E-state index in [0.29, 0.717) is 5.56 Å². The van der Waals surface area contributed by atoms with Gasteiger partial charge in [-0.1, -0.05) is 42.5 Å². The first-order valence-corrected chi connectivity index (χ1v) is 6.71. The van der Waals surface area contributed by atoms with Crippen LogP contribution in [0, 0.1) is 0 Å².